The van der Waals surface area contributed by atoms with Crippen LogP contribution in [0.15, 0.2) is 0 Å². The molecule has 0 aliphatic heterocycles. The highest BCUT2D eigenvalue weighted by Gasteiger charge is 2.36. The maximum absolute atomic E-state index is 13.8. The van der Waals surface area contributed by atoms with Crippen LogP contribution in [0.25, 0.3) is 0 Å². The monoisotopic (exact) mass is 770 g/mol. The van der Waals surface area contributed by atoms with Crippen LogP contribution in [0.5, 0.6) is 0 Å². The second-order valence-corrected chi connectivity index (χ2v) is 15.5. The predicted molar refractivity (Wildman–Crippen MR) is 201 cm³/mol. The van der Waals surface area contributed by atoms with Crippen molar-refractivity contribution in [2.75, 3.05) is 6.61 Å². The van der Waals surface area contributed by atoms with E-state index < -0.39 is 114 Å². The third-order valence-electron chi connectivity index (χ3n) is 8.62. The number of carboxylic acids is 1. The fourth-order valence-electron chi connectivity index (χ4n) is 5.43. The highest BCUT2D eigenvalue weighted by molar-refractivity contribution is 5.98. The first-order chi connectivity index (χ1) is 24.9. The molecular weight excluding hydrogens is 704 g/mol. The zero-order valence-corrected chi connectivity index (χ0v) is 33.5. The number of primary amides is 1. The minimum Gasteiger partial charge on any atom is -0.480 e. The maximum atomic E-state index is 13.8. The molecule has 0 rings (SSSR count). The molecule has 0 aromatic rings. The molecule has 0 fully saturated rings. The van der Waals surface area contributed by atoms with Crippen molar-refractivity contribution in [1.82, 2.24) is 31.9 Å². The fraction of sp³-hybridized carbons (Fsp3) is 0.778. The predicted octanol–water partition coefficient (Wildman–Crippen LogP) is -0.985. The van der Waals surface area contributed by atoms with E-state index in [1.54, 1.807) is 41.5 Å². The van der Waals surface area contributed by atoms with Gasteiger partial charge in [-0.05, 0) is 48.9 Å². The molecule has 0 aliphatic rings. The standard InChI is InChI=1S/C36H66N8O10/c1-11-21(10)29(44-33(50)25(15-27(38)46)39-30(47)22(37)12-17(2)3)35(52)41-24(14-19(6)7)31(48)40-23(13-18(4)5)32(49)42-26(16-45)34(51)43-28(20(8)9)36(53)54/h17-26,28-29,45H,11-16,37H2,1-10H3,(H2,38,46)(H,39,47)(H,40,48)(H,41,52)(H,42,49)(H,43,51)(H,44,50)(H,53,54)/t21-,22-,23-,24-,25-,26-,28-,29-/m0/s1. The van der Waals surface area contributed by atoms with Crippen molar-refractivity contribution in [3.63, 3.8) is 0 Å². The summed E-state index contributed by atoms with van der Waals surface area (Å²) in [4.78, 5) is 103. The minimum absolute atomic E-state index is 0.0748. The topological polar surface area (TPSA) is 301 Å². The summed E-state index contributed by atoms with van der Waals surface area (Å²) < 4.78 is 0. The molecule has 310 valence electrons. The number of rotatable bonds is 25. The molecule has 18 heteroatoms. The number of aliphatic carboxylic acids is 1. The van der Waals surface area contributed by atoms with Crippen molar-refractivity contribution in [2.45, 2.75) is 144 Å². The van der Waals surface area contributed by atoms with Gasteiger partial charge in [-0.25, -0.2) is 4.79 Å². The summed E-state index contributed by atoms with van der Waals surface area (Å²) in [6, 6.07) is -8.83. The van der Waals surface area contributed by atoms with E-state index >= 15 is 0 Å². The largest absolute Gasteiger partial charge is 0.480 e. The quantitative estimate of drug-likeness (QED) is 0.0538. The van der Waals surface area contributed by atoms with Gasteiger partial charge in [-0.1, -0.05) is 75.7 Å². The Kier molecular flexibility index (Phi) is 22.2. The Balaban J connectivity index is 6.25. The summed E-state index contributed by atoms with van der Waals surface area (Å²) in [5, 5.41) is 34.4. The zero-order valence-electron chi connectivity index (χ0n) is 33.5. The van der Waals surface area contributed by atoms with Gasteiger partial charge < -0.3 is 53.6 Å². The van der Waals surface area contributed by atoms with Crippen molar-refractivity contribution in [3.05, 3.63) is 0 Å². The van der Waals surface area contributed by atoms with Crippen molar-refractivity contribution in [3.8, 4) is 0 Å². The van der Waals surface area contributed by atoms with Crippen LogP contribution in [0.3, 0.4) is 0 Å². The molecule has 0 saturated carbocycles. The lowest BCUT2D eigenvalue weighted by atomic mass is 9.95. The van der Waals surface area contributed by atoms with Crippen LogP contribution in [-0.4, -0.2) is 106 Å². The van der Waals surface area contributed by atoms with Crippen LogP contribution < -0.4 is 43.4 Å². The van der Waals surface area contributed by atoms with E-state index in [4.69, 9.17) is 11.5 Å². The maximum Gasteiger partial charge on any atom is 0.326 e. The van der Waals surface area contributed by atoms with E-state index in [-0.39, 0.29) is 30.6 Å². The van der Waals surface area contributed by atoms with Crippen LogP contribution in [0.2, 0.25) is 0 Å². The number of carbonyl (C=O) groups is 8. The Hall–Kier alpha value is -4.32. The summed E-state index contributed by atoms with van der Waals surface area (Å²) >= 11 is 0. The second kappa shape index (κ2) is 24.2. The van der Waals surface area contributed by atoms with Crippen LogP contribution in [0, 0.1) is 29.6 Å². The SMILES string of the molecule is CC[C@H](C)[C@H](NC(=O)[C@H](CC(N)=O)NC(=O)[C@@H](N)CC(C)C)C(=O)N[C@@H](CC(C)C)C(=O)N[C@@H](CC(C)C)C(=O)N[C@@H](CO)C(=O)N[C@H](C(=O)O)C(C)C. The number of nitrogens with one attached hydrogen (secondary N) is 6. The van der Waals surface area contributed by atoms with E-state index in [2.05, 4.69) is 31.9 Å². The first-order valence-electron chi connectivity index (χ1n) is 18.6. The molecule has 0 radical (unpaired) electrons. The van der Waals surface area contributed by atoms with Gasteiger partial charge in [0.1, 0.15) is 36.3 Å². The average molecular weight is 771 g/mol. The van der Waals surface area contributed by atoms with Gasteiger partial charge in [0.2, 0.25) is 41.4 Å². The molecular formula is C36H66N8O10. The lowest BCUT2D eigenvalue weighted by Gasteiger charge is -2.30. The summed E-state index contributed by atoms with van der Waals surface area (Å²) in [5.41, 5.74) is 11.3. The van der Waals surface area contributed by atoms with Crippen LogP contribution in [0.1, 0.15) is 101 Å². The summed E-state index contributed by atoms with van der Waals surface area (Å²) in [5.74, 6) is -8.10. The smallest absolute Gasteiger partial charge is 0.326 e. The van der Waals surface area contributed by atoms with Gasteiger partial charge in [0, 0.05) is 0 Å². The van der Waals surface area contributed by atoms with Gasteiger partial charge in [0.15, 0.2) is 0 Å². The molecule has 0 unspecified atom stereocenters. The number of hydrogen-bond donors (Lipinski definition) is 10. The van der Waals surface area contributed by atoms with Crippen molar-refractivity contribution >= 4 is 47.3 Å². The third-order valence-corrected chi connectivity index (χ3v) is 8.62. The Morgan fingerprint density at radius 3 is 1.31 bits per heavy atom. The van der Waals surface area contributed by atoms with E-state index in [0.29, 0.717) is 12.8 Å². The number of nitrogens with two attached hydrogens (primary N) is 2. The van der Waals surface area contributed by atoms with Crippen molar-refractivity contribution in [1.29, 1.82) is 0 Å². The third kappa shape index (κ3) is 18.1. The number of hydrogen-bond acceptors (Lipinski definition) is 10. The summed E-state index contributed by atoms with van der Waals surface area (Å²) in [7, 11) is 0. The molecule has 0 spiro atoms. The lowest BCUT2D eigenvalue weighted by molar-refractivity contribution is -0.144. The highest BCUT2D eigenvalue weighted by Crippen LogP contribution is 2.13. The highest BCUT2D eigenvalue weighted by atomic mass is 16.4. The van der Waals surface area contributed by atoms with E-state index in [0.717, 1.165) is 0 Å². The number of aliphatic hydroxyl groups excluding tert-OH is 1. The zero-order chi connectivity index (χ0) is 42.0. The van der Waals surface area contributed by atoms with Gasteiger partial charge in [-0.3, -0.25) is 33.6 Å². The van der Waals surface area contributed by atoms with Gasteiger partial charge >= 0.3 is 5.97 Å². The van der Waals surface area contributed by atoms with Gasteiger partial charge in [0.25, 0.3) is 0 Å². The fourth-order valence-corrected chi connectivity index (χ4v) is 5.43. The van der Waals surface area contributed by atoms with Gasteiger partial charge in [-0.15, -0.1) is 0 Å². The molecule has 0 saturated heterocycles. The van der Waals surface area contributed by atoms with E-state index in [9.17, 15) is 48.6 Å². The molecule has 0 heterocycles. The Labute approximate surface area is 318 Å². The first kappa shape index (κ1) is 49.7. The molecule has 0 aromatic carbocycles. The number of amides is 7. The molecule has 0 aromatic heterocycles. The Morgan fingerprint density at radius 1 is 0.537 bits per heavy atom. The van der Waals surface area contributed by atoms with Gasteiger partial charge in [0.05, 0.1) is 19.1 Å². The number of carboxylic acid groups (broad SMARTS) is 1. The summed E-state index contributed by atoms with van der Waals surface area (Å²) in [6.45, 7) is 16.7. The normalized spacial score (nSPS) is 15.9. The molecule has 0 aliphatic carbocycles. The van der Waals surface area contributed by atoms with Gasteiger partial charge in [-0.2, -0.15) is 0 Å². The minimum atomic E-state index is -1.52. The molecule has 12 N–H and O–H groups in total. The van der Waals surface area contributed by atoms with Crippen molar-refractivity contribution < 1.29 is 48.6 Å². The Morgan fingerprint density at radius 2 is 0.926 bits per heavy atom. The molecule has 18 nitrogen and oxygen atoms in total. The van der Waals surface area contributed by atoms with Crippen LogP contribution >= 0.6 is 0 Å². The molecule has 0 bridgehead atoms. The van der Waals surface area contributed by atoms with E-state index in [1.807, 2.05) is 27.7 Å². The Bertz CT molecular complexity index is 1290. The average Bonchev–Trinajstić information content (AvgIpc) is 3.05. The molecule has 7 amide bonds. The summed E-state index contributed by atoms with van der Waals surface area (Å²) in [6.07, 6.45) is 0.386. The van der Waals surface area contributed by atoms with Crippen molar-refractivity contribution in [2.24, 2.45) is 41.1 Å². The first-order valence-corrected chi connectivity index (χ1v) is 18.6. The van der Waals surface area contributed by atoms with E-state index in [1.165, 1.54) is 0 Å². The lowest BCUT2D eigenvalue weighted by Crippen LogP contribution is -2.61. The van der Waals surface area contributed by atoms with Crippen LogP contribution in [-0.2, 0) is 38.4 Å². The number of carbonyl (C=O) groups excluding carboxylic acids is 7. The second-order valence-electron chi connectivity index (χ2n) is 15.5. The molecule has 8 atom stereocenters. The van der Waals surface area contributed by atoms with Crippen LogP contribution in [0.4, 0.5) is 0 Å². The number of aliphatic hydroxyl groups is 1. The molecule has 54 heavy (non-hydrogen) atoms.